The molecule has 1 aromatic rings. The molecule has 0 radical (unpaired) electrons. The van der Waals surface area contributed by atoms with Crippen LogP contribution in [0.1, 0.15) is 37.0 Å². The molecule has 0 atom stereocenters. The van der Waals surface area contributed by atoms with Gasteiger partial charge in [0.1, 0.15) is 5.69 Å². The lowest BCUT2D eigenvalue weighted by Crippen LogP contribution is -2.39. The number of nitrogens with zero attached hydrogens (tertiary/aromatic N) is 1. The molecule has 0 aromatic heterocycles. The van der Waals surface area contributed by atoms with Crippen LogP contribution in [-0.4, -0.2) is 28.4 Å². The Morgan fingerprint density at radius 3 is 2.48 bits per heavy atom. The van der Waals surface area contributed by atoms with Gasteiger partial charge >= 0.3 is 0 Å². The van der Waals surface area contributed by atoms with Crippen molar-refractivity contribution < 1.29 is 9.72 Å². The first-order valence-corrected chi connectivity index (χ1v) is 7.99. The first-order chi connectivity index (χ1) is 9.89. The van der Waals surface area contributed by atoms with Crippen LogP contribution >= 0.6 is 11.8 Å². The van der Waals surface area contributed by atoms with Gasteiger partial charge < -0.3 is 11.1 Å². The van der Waals surface area contributed by atoms with Crippen LogP contribution in [0.3, 0.4) is 0 Å². The Balaban J connectivity index is 2.81. The van der Waals surface area contributed by atoms with Gasteiger partial charge in [0.15, 0.2) is 0 Å². The van der Waals surface area contributed by atoms with Crippen LogP contribution in [0.5, 0.6) is 0 Å². The van der Waals surface area contributed by atoms with Crippen LogP contribution in [0.4, 0.5) is 11.4 Å². The van der Waals surface area contributed by atoms with E-state index in [1.807, 2.05) is 6.26 Å². The number of rotatable bonds is 7. The van der Waals surface area contributed by atoms with E-state index in [1.54, 1.807) is 11.8 Å². The maximum absolute atomic E-state index is 12.1. The number of nitrogens with one attached hydrogen (secondary N) is 1. The van der Waals surface area contributed by atoms with Crippen LogP contribution in [0.15, 0.2) is 18.2 Å². The summed E-state index contributed by atoms with van der Waals surface area (Å²) in [5, 5.41) is 13.6. The summed E-state index contributed by atoms with van der Waals surface area (Å²) in [7, 11) is 0. The highest BCUT2D eigenvalue weighted by Crippen LogP contribution is 2.29. The number of nitrogen functional groups attached to an aromatic ring is 1. The van der Waals surface area contributed by atoms with Gasteiger partial charge in [-0.25, -0.2) is 0 Å². The number of nitrogens with two attached hydrogens (primary N) is 1. The zero-order valence-corrected chi connectivity index (χ0v) is 13.3. The summed E-state index contributed by atoms with van der Waals surface area (Å²) < 4.78 is 0.0159. The second-order valence-corrected chi connectivity index (χ2v) is 6.08. The average Bonchev–Trinajstić information content (AvgIpc) is 2.48. The molecular weight excluding hydrogens is 290 g/mol. The van der Waals surface area contributed by atoms with Crippen molar-refractivity contribution in [1.29, 1.82) is 0 Å². The molecule has 116 valence electrons. The SMILES string of the molecule is CCC(CC)(CNC(=O)c1ccc([N+](=O)[O-])c(N)c1)SC. The van der Waals surface area contributed by atoms with Gasteiger partial charge in [0.05, 0.1) is 4.92 Å². The minimum Gasteiger partial charge on any atom is -0.393 e. The number of carbonyl (C=O) groups is 1. The molecular formula is C14H21N3O3S. The lowest BCUT2D eigenvalue weighted by Gasteiger charge is -2.29. The Hall–Kier alpha value is -1.76. The van der Waals surface area contributed by atoms with Crippen LogP contribution in [-0.2, 0) is 0 Å². The summed E-state index contributed by atoms with van der Waals surface area (Å²) in [6.07, 6.45) is 3.93. The molecule has 21 heavy (non-hydrogen) atoms. The van der Waals surface area contributed by atoms with Crippen molar-refractivity contribution in [2.75, 3.05) is 18.5 Å². The van der Waals surface area contributed by atoms with Crippen LogP contribution in [0, 0.1) is 10.1 Å². The Kier molecular flexibility index (Phi) is 6.02. The molecule has 1 aromatic carbocycles. The van der Waals surface area contributed by atoms with E-state index in [0.717, 1.165) is 12.8 Å². The summed E-state index contributed by atoms with van der Waals surface area (Å²) in [4.78, 5) is 22.3. The largest absolute Gasteiger partial charge is 0.393 e. The average molecular weight is 311 g/mol. The molecule has 1 amide bonds. The third-order valence-corrected chi connectivity index (χ3v) is 5.37. The number of hydrogen-bond acceptors (Lipinski definition) is 5. The van der Waals surface area contributed by atoms with Gasteiger partial charge in [0, 0.05) is 22.9 Å². The summed E-state index contributed by atoms with van der Waals surface area (Å²) in [6, 6.07) is 4.01. The Bertz CT molecular complexity index is 522. The number of amides is 1. The third-order valence-electron chi connectivity index (χ3n) is 3.78. The van der Waals surface area contributed by atoms with Gasteiger partial charge in [-0.3, -0.25) is 14.9 Å². The summed E-state index contributed by atoms with van der Waals surface area (Å²) >= 11 is 1.74. The molecule has 0 unspecified atom stereocenters. The van der Waals surface area contributed by atoms with E-state index in [9.17, 15) is 14.9 Å². The second-order valence-electron chi connectivity index (χ2n) is 4.81. The minimum absolute atomic E-state index is 0.00485. The van der Waals surface area contributed by atoms with E-state index in [4.69, 9.17) is 5.73 Å². The molecule has 7 heteroatoms. The fraction of sp³-hybridized carbons (Fsp3) is 0.500. The van der Waals surface area contributed by atoms with Crippen molar-refractivity contribution in [2.24, 2.45) is 0 Å². The van der Waals surface area contributed by atoms with Crippen molar-refractivity contribution in [2.45, 2.75) is 31.4 Å². The predicted octanol–water partition coefficient (Wildman–Crippen LogP) is 2.83. The molecule has 3 N–H and O–H groups in total. The van der Waals surface area contributed by atoms with Gasteiger partial charge in [-0.05, 0) is 31.2 Å². The number of thioether (sulfide) groups is 1. The van der Waals surface area contributed by atoms with Crippen molar-refractivity contribution >= 4 is 29.0 Å². The smallest absolute Gasteiger partial charge is 0.292 e. The highest BCUT2D eigenvalue weighted by molar-refractivity contribution is 8.00. The normalized spacial score (nSPS) is 11.2. The minimum atomic E-state index is -0.566. The first-order valence-electron chi connectivity index (χ1n) is 6.76. The fourth-order valence-corrected chi connectivity index (χ4v) is 2.86. The fourth-order valence-electron chi connectivity index (χ4n) is 2.07. The predicted molar refractivity (Wildman–Crippen MR) is 86.7 cm³/mol. The Labute approximate surface area is 128 Å². The Morgan fingerprint density at radius 2 is 2.05 bits per heavy atom. The zero-order chi connectivity index (χ0) is 16.0. The number of benzene rings is 1. The topological polar surface area (TPSA) is 98.3 Å². The maximum atomic E-state index is 12.1. The number of nitro benzene ring substituents is 1. The van der Waals surface area contributed by atoms with E-state index in [2.05, 4.69) is 19.2 Å². The van der Waals surface area contributed by atoms with E-state index in [1.165, 1.54) is 18.2 Å². The lowest BCUT2D eigenvalue weighted by atomic mass is 10.0. The highest BCUT2D eigenvalue weighted by atomic mass is 32.2. The van der Waals surface area contributed by atoms with Crippen LogP contribution in [0.2, 0.25) is 0 Å². The lowest BCUT2D eigenvalue weighted by molar-refractivity contribution is -0.383. The van der Waals surface area contributed by atoms with Crippen LogP contribution in [0.25, 0.3) is 0 Å². The van der Waals surface area contributed by atoms with Gasteiger partial charge in [-0.2, -0.15) is 11.8 Å². The number of anilines is 1. The van der Waals surface area contributed by atoms with Crippen molar-refractivity contribution in [1.82, 2.24) is 5.32 Å². The second kappa shape index (κ2) is 7.31. The standard InChI is InChI=1S/C14H21N3O3S/c1-4-14(5-2,21-3)9-16-13(18)10-6-7-12(17(19)20)11(15)8-10/h6-8H,4-5,9,15H2,1-3H3,(H,16,18). The molecule has 0 aliphatic carbocycles. The van der Waals surface area contributed by atoms with Crippen LogP contribution < -0.4 is 11.1 Å². The summed E-state index contributed by atoms with van der Waals surface area (Å²) in [6.45, 7) is 4.74. The molecule has 0 bridgehead atoms. The molecule has 1 rings (SSSR count). The highest BCUT2D eigenvalue weighted by Gasteiger charge is 2.25. The molecule has 0 aliphatic heterocycles. The molecule has 0 saturated heterocycles. The van der Waals surface area contributed by atoms with Crippen molar-refractivity contribution in [3.05, 3.63) is 33.9 Å². The first kappa shape index (κ1) is 17.3. The van der Waals surface area contributed by atoms with E-state index >= 15 is 0 Å². The Morgan fingerprint density at radius 1 is 1.43 bits per heavy atom. The number of carbonyl (C=O) groups excluding carboxylic acids is 1. The van der Waals surface area contributed by atoms with Crippen molar-refractivity contribution in [3.63, 3.8) is 0 Å². The molecule has 6 nitrogen and oxygen atoms in total. The quantitative estimate of drug-likeness (QED) is 0.458. The zero-order valence-electron chi connectivity index (χ0n) is 12.5. The monoisotopic (exact) mass is 311 g/mol. The van der Waals surface area contributed by atoms with E-state index in [-0.39, 0.29) is 22.0 Å². The molecule has 0 aliphatic rings. The molecule has 0 fully saturated rings. The van der Waals surface area contributed by atoms with Crippen molar-refractivity contribution in [3.8, 4) is 0 Å². The maximum Gasteiger partial charge on any atom is 0.292 e. The molecule has 0 heterocycles. The van der Waals surface area contributed by atoms with E-state index in [0.29, 0.717) is 12.1 Å². The summed E-state index contributed by atoms with van der Waals surface area (Å²) in [5.41, 5.74) is 5.74. The van der Waals surface area contributed by atoms with Gasteiger partial charge in [0.2, 0.25) is 0 Å². The van der Waals surface area contributed by atoms with E-state index < -0.39 is 4.92 Å². The van der Waals surface area contributed by atoms with Gasteiger partial charge in [-0.1, -0.05) is 13.8 Å². The molecule has 0 spiro atoms. The number of nitro groups is 1. The third kappa shape index (κ3) is 4.10. The number of hydrogen-bond donors (Lipinski definition) is 2. The summed E-state index contributed by atoms with van der Waals surface area (Å²) in [5.74, 6) is -0.267. The molecule has 0 saturated carbocycles. The van der Waals surface area contributed by atoms with Gasteiger partial charge in [0.25, 0.3) is 11.6 Å². The van der Waals surface area contributed by atoms with Gasteiger partial charge in [-0.15, -0.1) is 0 Å².